The fraction of sp³-hybridized carbons (Fsp3) is 0.562. The van der Waals surface area contributed by atoms with Gasteiger partial charge in [-0.3, -0.25) is 4.79 Å². The molecule has 2 atom stereocenters. The molecule has 0 heterocycles. The van der Waals surface area contributed by atoms with Crippen molar-refractivity contribution in [2.45, 2.75) is 45.1 Å². The van der Waals surface area contributed by atoms with E-state index >= 15 is 0 Å². The van der Waals surface area contributed by atoms with Crippen molar-refractivity contribution in [3.63, 3.8) is 0 Å². The molecule has 1 aliphatic rings. The zero-order valence-electron chi connectivity index (χ0n) is 12.6. The number of carbonyl (C=O) groups excluding carboxylic acids is 1. The van der Waals surface area contributed by atoms with Crippen molar-refractivity contribution < 1.29 is 9.53 Å². The molecule has 2 unspecified atom stereocenters. The van der Waals surface area contributed by atoms with Gasteiger partial charge in [0.25, 0.3) is 0 Å². The van der Waals surface area contributed by atoms with Gasteiger partial charge in [0.1, 0.15) is 5.75 Å². The average molecular weight is 355 g/mol. The lowest BCUT2D eigenvalue weighted by Crippen LogP contribution is -2.38. The monoisotopic (exact) mass is 354 g/mol. The van der Waals surface area contributed by atoms with Gasteiger partial charge in [-0.05, 0) is 37.5 Å². The van der Waals surface area contributed by atoms with Crippen LogP contribution < -0.4 is 15.8 Å². The number of rotatable bonds is 3. The largest absolute Gasteiger partial charge is 0.495 e. The second-order valence-corrected chi connectivity index (χ2v) is 6.61. The van der Waals surface area contributed by atoms with Gasteiger partial charge in [-0.15, -0.1) is 0 Å². The van der Waals surface area contributed by atoms with Gasteiger partial charge in [0.2, 0.25) is 5.91 Å². The second kappa shape index (κ2) is 7.27. The topological polar surface area (TPSA) is 64.3 Å². The third kappa shape index (κ3) is 3.98. The van der Waals surface area contributed by atoms with Gasteiger partial charge in [0.05, 0.1) is 18.7 Å². The number of aryl methyl sites for hydroxylation is 1. The molecular weight excluding hydrogens is 332 g/mol. The number of anilines is 1. The molecule has 1 aromatic rings. The maximum atomic E-state index is 12.6. The fourth-order valence-electron chi connectivity index (χ4n) is 2.91. The van der Waals surface area contributed by atoms with Crippen molar-refractivity contribution in [3.05, 3.63) is 22.2 Å². The van der Waals surface area contributed by atoms with Gasteiger partial charge in [0, 0.05) is 10.5 Å². The summed E-state index contributed by atoms with van der Waals surface area (Å²) in [6.45, 7) is 1.95. The van der Waals surface area contributed by atoms with Crippen molar-refractivity contribution in [3.8, 4) is 5.75 Å². The summed E-state index contributed by atoms with van der Waals surface area (Å²) in [5.41, 5.74) is 7.87. The minimum atomic E-state index is -0.111. The molecule has 4 nitrogen and oxygen atoms in total. The number of hydrogen-bond acceptors (Lipinski definition) is 3. The van der Waals surface area contributed by atoms with E-state index in [4.69, 9.17) is 10.5 Å². The molecular formula is C16H23BrN2O2. The van der Waals surface area contributed by atoms with Crippen LogP contribution in [0.2, 0.25) is 0 Å². The highest BCUT2D eigenvalue weighted by Crippen LogP contribution is 2.33. The molecule has 1 aromatic carbocycles. The Morgan fingerprint density at radius 3 is 2.76 bits per heavy atom. The van der Waals surface area contributed by atoms with E-state index in [2.05, 4.69) is 21.2 Å². The van der Waals surface area contributed by atoms with Gasteiger partial charge in [-0.1, -0.05) is 35.2 Å². The lowest BCUT2D eigenvalue weighted by atomic mass is 9.94. The van der Waals surface area contributed by atoms with Crippen LogP contribution in [0.5, 0.6) is 5.75 Å². The van der Waals surface area contributed by atoms with E-state index in [0.29, 0.717) is 5.75 Å². The summed E-state index contributed by atoms with van der Waals surface area (Å²) < 4.78 is 6.30. The maximum Gasteiger partial charge on any atom is 0.229 e. The van der Waals surface area contributed by atoms with E-state index in [1.807, 2.05) is 19.1 Å². The van der Waals surface area contributed by atoms with E-state index in [-0.39, 0.29) is 17.9 Å². The van der Waals surface area contributed by atoms with E-state index < -0.39 is 0 Å². The Morgan fingerprint density at radius 2 is 2.05 bits per heavy atom. The van der Waals surface area contributed by atoms with E-state index in [0.717, 1.165) is 47.8 Å². The van der Waals surface area contributed by atoms with Gasteiger partial charge in [-0.2, -0.15) is 0 Å². The third-order valence-corrected chi connectivity index (χ3v) is 4.60. The van der Waals surface area contributed by atoms with Crippen molar-refractivity contribution in [2.24, 2.45) is 11.7 Å². The molecule has 3 N–H and O–H groups in total. The molecule has 0 radical (unpaired) electrons. The Kier molecular flexibility index (Phi) is 5.65. The van der Waals surface area contributed by atoms with Crippen LogP contribution in [0.3, 0.4) is 0 Å². The number of methoxy groups -OCH3 is 1. The zero-order valence-corrected chi connectivity index (χ0v) is 14.2. The highest BCUT2D eigenvalue weighted by atomic mass is 79.9. The van der Waals surface area contributed by atoms with Crippen LogP contribution in [0, 0.1) is 12.8 Å². The first-order valence-electron chi connectivity index (χ1n) is 7.43. The Balaban J connectivity index is 2.19. The molecule has 0 spiro atoms. The molecule has 0 aliphatic heterocycles. The molecule has 1 amide bonds. The molecule has 5 heteroatoms. The summed E-state index contributed by atoms with van der Waals surface area (Å²) in [6, 6.07) is 3.77. The maximum absolute atomic E-state index is 12.6. The van der Waals surface area contributed by atoms with Crippen LogP contribution >= 0.6 is 15.9 Å². The van der Waals surface area contributed by atoms with Crippen LogP contribution in [0.25, 0.3) is 0 Å². The molecule has 1 aliphatic carbocycles. The van der Waals surface area contributed by atoms with Gasteiger partial charge >= 0.3 is 0 Å². The number of halogens is 1. The number of nitrogens with two attached hydrogens (primary N) is 1. The van der Waals surface area contributed by atoms with Crippen LogP contribution in [-0.4, -0.2) is 19.1 Å². The predicted molar refractivity (Wildman–Crippen MR) is 88.6 cm³/mol. The normalized spacial score (nSPS) is 22.5. The summed E-state index contributed by atoms with van der Waals surface area (Å²) >= 11 is 3.44. The molecule has 0 aromatic heterocycles. The van der Waals surface area contributed by atoms with Crippen molar-refractivity contribution in [2.75, 3.05) is 12.4 Å². The van der Waals surface area contributed by atoms with Crippen molar-refractivity contribution in [1.29, 1.82) is 0 Å². The van der Waals surface area contributed by atoms with E-state index in [1.165, 1.54) is 0 Å². The predicted octanol–water partition coefficient (Wildman–Crippen LogP) is 3.61. The quantitative estimate of drug-likeness (QED) is 0.814. The minimum Gasteiger partial charge on any atom is -0.495 e. The number of amides is 1. The van der Waals surface area contributed by atoms with Crippen molar-refractivity contribution in [1.82, 2.24) is 0 Å². The summed E-state index contributed by atoms with van der Waals surface area (Å²) in [6.07, 6.45) is 5.14. The van der Waals surface area contributed by atoms with Crippen LogP contribution in [-0.2, 0) is 4.79 Å². The van der Waals surface area contributed by atoms with Crippen LogP contribution in [0.4, 0.5) is 5.69 Å². The van der Waals surface area contributed by atoms with Gasteiger partial charge in [-0.25, -0.2) is 0 Å². The standard InChI is InChI=1S/C16H23BrN2O2/c1-10-8-11(17)9-14(21-2)15(10)19-16(20)12-6-4-3-5-7-13(12)18/h8-9,12-13H,3-7,18H2,1-2H3,(H,19,20). The molecule has 21 heavy (non-hydrogen) atoms. The number of nitrogens with one attached hydrogen (secondary N) is 1. The zero-order chi connectivity index (χ0) is 15.4. The van der Waals surface area contributed by atoms with Crippen LogP contribution in [0.15, 0.2) is 16.6 Å². The van der Waals surface area contributed by atoms with E-state index in [1.54, 1.807) is 7.11 Å². The number of benzene rings is 1. The highest BCUT2D eigenvalue weighted by molar-refractivity contribution is 9.10. The molecule has 1 fully saturated rings. The summed E-state index contributed by atoms with van der Waals surface area (Å²) in [5.74, 6) is 0.561. The highest BCUT2D eigenvalue weighted by Gasteiger charge is 2.28. The van der Waals surface area contributed by atoms with Crippen LogP contribution in [0.1, 0.15) is 37.7 Å². The third-order valence-electron chi connectivity index (χ3n) is 4.14. The lowest BCUT2D eigenvalue weighted by molar-refractivity contribution is -0.120. The van der Waals surface area contributed by atoms with Gasteiger partial charge in [0.15, 0.2) is 0 Å². The first-order valence-corrected chi connectivity index (χ1v) is 8.23. The SMILES string of the molecule is COc1cc(Br)cc(C)c1NC(=O)C1CCCCCC1N. The second-order valence-electron chi connectivity index (χ2n) is 5.70. The smallest absolute Gasteiger partial charge is 0.229 e. The summed E-state index contributed by atoms with van der Waals surface area (Å²) in [4.78, 5) is 12.6. The van der Waals surface area contributed by atoms with E-state index in [9.17, 15) is 4.79 Å². The fourth-order valence-corrected chi connectivity index (χ4v) is 3.46. The summed E-state index contributed by atoms with van der Waals surface area (Å²) in [7, 11) is 1.61. The molecule has 116 valence electrons. The first kappa shape index (κ1) is 16.3. The Morgan fingerprint density at radius 1 is 1.33 bits per heavy atom. The number of hydrogen-bond donors (Lipinski definition) is 2. The Hall–Kier alpha value is -1.07. The number of carbonyl (C=O) groups is 1. The Bertz CT molecular complexity index is 519. The number of ether oxygens (including phenoxy) is 1. The molecule has 1 saturated carbocycles. The molecule has 0 saturated heterocycles. The Labute approximate surface area is 134 Å². The lowest BCUT2D eigenvalue weighted by Gasteiger charge is -2.22. The average Bonchev–Trinajstić information content (AvgIpc) is 2.66. The molecule has 0 bridgehead atoms. The minimum absolute atomic E-state index is 0.00752. The summed E-state index contributed by atoms with van der Waals surface area (Å²) in [5, 5.41) is 3.02. The van der Waals surface area contributed by atoms with Crippen molar-refractivity contribution >= 4 is 27.5 Å². The van der Waals surface area contributed by atoms with Gasteiger partial charge < -0.3 is 15.8 Å². The molecule has 2 rings (SSSR count). The first-order chi connectivity index (χ1) is 10.0.